The minimum atomic E-state index is -1.29. The summed E-state index contributed by atoms with van der Waals surface area (Å²) in [6.45, 7) is 0. The summed E-state index contributed by atoms with van der Waals surface area (Å²) in [5.74, 6) is -3.06. The third kappa shape index (κ3) is 0.930. The van der Waals surface area contributed by atoms with Crippen LogP contribution in [0, 0.1) is 17.8 Å². The Bertz CT molecular complexity index is 303. The molecule has 4 atom stereocenters. The standard InChI is InChI=1S/C9H13NO4/c10-9(8(13)14)4-1-2-6(9)5(3-4)7(11)12/h4-6H,1-3,10H2,(H,11,12)(H,13,14)/t4-,5?,6+,9+/m0/s1. The molecule has 2 aliphatic rings. The van der Waals surface area contributed by atoms with Crippen molar-refractivity contribution in [3.8, 4) is 0 Å². The monoisotopic (exact) mass is 199 g/mol. The zero-order valence-corrected chi connectivity index (χ0v) is 7.64. The van der Waals surface area contributed by atoms with Crippen LogP contribution in [0.3, 0.4) is 0 Å². The number of carboxylic acids is 2. The molecule has 2 aliphatic carbocycles. The molecule has 2 saturated carbocycles. The van der Waals surface area contributed by atoms with Gasteiger partial charge in [-0.15, -0.1) is 0 Å². The van der Waals surface area contributed by atoms with Crippen LogP contribution < -0.4 is 5.73 Å². The van der Waals surface area contributed by atoms with Crippen molar-refractivity contribution in [1.82, 2.24) is 0 Å². The Kier molecular flexibility index (Phi) is 1.82. The highest BCUT2D eigenvalue weighted by Crippen LogP contribution is 2.54. The summed E-state index contributed by atoms with van der Waals surface area (Å²) in [5.41, 5.74) is 4.53. The molecule has 0 aromatic heterocycles. The van der Waals surface area contributed by atoms with Crippen LogP contribution in [0.1, 0.15) is 19.3 Å². The molecule has 0 aromatic carbocycles. The number of rotatable bonds is 2. The molecule has 0 spiro atoms. The van der Waals surface area contributed by atoms with Gasteiger partial charge in [-0.2, -0.15) is 0 Å². The third-order valence-electron chi connectivity index (χ3n) is 3.83. The highest BCUT2D eigenvalue weighted by atomic mass is 16.4. The molecule has 2 fully saturated rings. The van der Waals surface area contributed by atoms with Crippen molar-refractivity contribution in [3.63, 3.8) is 0 Å². The van der Waals surface area contributed by atoms with Crippen LogP contribution in [0.25, 0.3) is 0 Å². The molecule has 78 valence electrons. The molecule has 0 aromatic rings. The van der Waals surface area contributed by atoms with Crippen LogP contribution in [0.2, 0.25) is 0 Å². The van der Waals surface area contributed by atoms with Gasteiger partial charge >= 0.3 is 11.9 Å². The summed E-state index contributed by atoms with van der Waals surface area (Å²) < 4.78 is 0. The molecule has 1 unspecified atom stereocenters. The van der Waals surface area contributed by atoms with E-state index in [9.17, 15) is 9.59 Å². The minimum absolute atomic E-state index is 0.161. The maximum atomic E-state index is 11.0. The van der Waals surface area contributed by atoms with Crippen molar-refractivity contribution >= 4 is 11.9 Å². The molecular formula is C9H13NO4. The van der Waals surface area contributed by atoms with Crippen LogP contribution >= 0.6 is 0 Å². The number of carboxylic acid groups (broad SMARTS) is 2. The lowest BCUT2D eigenvalue weighted by molar-refractivity contribution is -0.147. The van der Waals surface area contributed by atoms with E-state index < -0.39 is 23.4 Å². The fourth-order valence-corrected chi connectivity index (χ4v) is 3.09. The van der Waals surface area contributed by atoms with Crippen LogP contribution in [-0.4, -0.2) is 27.7 Å². The second-order valence-electron chi connectivity index (χ2n) is 4.30. The van der Waals surface area contributed by atoms with Gasteiger partial charge in [0, 0.05) is 5.92 Å². The number of fused-ring (bicyclic) bond motifs is 2. The molecule has 14 heavy (non-hydrogen) atoms. The van der Waals surface area contributed by atoms with Gasteiger partial charge in [0.15, 0.2) is 0 Å². The largest absolute Gasteiger partial charge is 0.481 e. The van der Waals surface area contributed by atoms with Gasteiger partial charge in [0.1, 0.15) is 5.54 Å². The average Bonchev–Trinajstić information content (AvgIpc) is 2.58. The lowest BCUT2D eigenvalue weighted by Crippen LogP contribution is -2.53. The van der Waals surface area contributed by atoms with Gasteiger partial charge in [-0.3, -0.25) is 9.59 Å². The number of nitrogens with two attached hydrogens (primary N) is 1. The Hall–Kier alpha value is -1.10. The van der Waals surface area contributed by atoms with Crippen molar-refractivity contribution in [3.05, 3.63) is 0 Å². The first kappa shape index (κ1) is 9.45. The minimum Gasteiger partial charge on any atom is -0.481 e. The summed E-state index contributed by atoms with van der Waals surface area (Å²) in [4.78, 5) is 21.9. The topological polar surface area (TPSA) is 101 Å². The van der Waals surface area contributed by atoms with Gasteiger partial charge in [0.05, 0.1) is 5.92 Å². The molecule has 0 heterocycles. The van der Waals surface area contributed by atoms with Gasteiger partial charge in [-0.25, -0.2) is 0 Å². The molecule has 4 N–H and O–H groups in total. The summed E-state index contributed by atoms with van der Waals surface area (Å²) in [7, 11) is 0. The van der Waals surface area contributed by atoms with Crippen LogP contribution in [0.4, 0.5) is 0 Å². The Balaban J connectivity index is 2.32. The van der Waals surface area contributed by atoms with Gasteiger partial charge in [-0.05, 0) is 25.2 Å². The second kappa shape index (κ2) is 2.70. The Morgan fingerprint density at radius 1 is 1.29 bits per heavy atom. The van der Waals surface area contributed by atoms with Gasteiger partial charge < -0.3 is 15.9 Å². The molecule has 2 rings (SSSR count). The summed E-state index contributed by atoms with van der Waals surface area (Å²) in [6.07, 6.45) is 1.80. The Morgan fingerprint density at radius 3 is 2.29 bits per heavy atom. The molecule has 0 amide bonds. The first-order valence-electron chi connectivity index (χ1n) is 4.73. The van der Waals surface area contributed by atoms with Crippen molar-refractivity contribution in [2.24, 2.45) is 23.5 Å². The fraction of sp³-hybridized carbons (Fsp3) is 0.778. The normalized spacial score (nSPS) is 45.4. The fourth-order valence-electron chi connectivity index (χ4n) is 3.09. The van der Waals surface area contributed by atoms with Crippen molar-refractivity contribution in [2.45, 2.75) is 24.8 Å². The van der Waals surface area contributed by atoms with Crippen LogP contribution in [0.5, 0.6) is 0 Å². The second-order valence-corrected chi connectivity index (χ2v) is 4.30. The van der Waals surface area contributed by atoms with Crippen LogP contribution in [0.15, 0.2) is 0 Å². The van der Waals surface area contributed by atoms with Gasteiger partial charge in [-0.1, -0.05) is 0 Å². The zero-order chi connectivity index (χ0) is 10.5. The molecule has 0 aliphatic heterocycles. The molecule has 2 bridgehead atoms. The number of hydrogen-bond acceptors (Lipinski definition) is 3. The maximum Gasteiger partial charge on any atom is 0.324 e. The zero-order valence-electron chi connectivity index (χ0n) is 7.64. The highest BCUT2D eigenvalue weighted by molar-refractivity contribution is 5.83. The third-order valence-corrected chi connectivity index (χ3v) is 3.83. The van der Waals surface area contributed by atoms with E-state index in [1.807, 2.05) is 0 Å². The highest BCUT2D eigenvalue weighted by Gasteiger charge is 2.63. The van der Waals surface area contributed by atoms with Crippen LogP contribution in [-0.2, 0) is 9.59 Å². The first-order valence-corrected chi connectivity index (χ1v) is 4.73. The summed E-state index contributed by atoms with van der Waals surface area (Å²) >= 11 is 0. The predicted molar refractivity (Wildman–Crippen MR) is 46.5 cm³/mol. The molecule has 5 heteroatoms. The smallest absolute Gasteiger partial charge is 0.324 e. The molecule has 0 radical (unpaired) electrons. The molecule has 5 nitrogen and oxygen atoms in total. The van der Waals surface area contributed by atoms with E-state index in [0.29, 0.717) is 12.8 Å². The van der Waals surface area contributed by atoms with E-state index in [4.69, 9.17) is 15.9 Å². The van der Waals surface area contributed by atoms with E-state index in [2.05, 4.69) is 0 Å². The first-order chi connectivity index (χ1) is 6.48. The quantitative estimate of drug-likeness (QED) is 0.576. The van der Waals surface area contributed by atoms with Crippen molar-refractivity contribution in [2.75, 3.05) is 0 Å². The maximum absolute atomic E-state index is 11.0. The van der Waals surface area contributed by atoms with E-state index in [1.54, 1.807) is 0 Å². The average molecular weight is 199 g/mol. The lowest BCUT2D eigenvalue weighted by Gasteiger charge is -2.24. The Morgan fingerprint density at radius 2 is 1.93 bits per heavy atom. The van der Waals surface area contributed by atoms with E-state index in [1.165, 1.54) is 0 Å². The van der Waals surface area contributed by atoms with E-state index >= 15 is 0 Å². The van der Waals surface area contributed by atoms with Crippen molar-refractivity contribution in [1.29, 1.82) is 0 Å². The molecular weight excluding hydrogens is 186 g/mol. The van der Waals surface area contributed by atoms with Gasteiger partial charge in [0.25, 0.3) is 0 Å². The number of hydrogen-bond donors (Lipinski definition) is 3. The predicted octanol–water partition coefficient (Wildman–Crippen LogP) is -0.101. The number of carbonyl (C=O) groups is 2. The van der Waals surface area contributed by atoms with Crippen molar-refractivity contribution < 1.29 is 19.8 Å². The number of aliphatic carboxylic acids is 2. The van der Waals surface area contributed by atoms with Gasteiger partial charge in [0.2, 0.25) is 0 Å². The lowest BCUT2D eigenvalue weighted by atomic mass is 9.85. The SMILES string of the molecule is N[C@]1(C(=O)O)[C@H]2CC[C@@H]1C(C(=O)O)C2. The Labute approximate surface area is 80.9 Å². The summed E-state index contributed by atoms with van der Waals surface area (Å²) in [5, 5.41) is 17.9. The van der Waals surface area contributed by atoms with E-state index in [-0.39, 0.29) is 11.8 Å². The van der Waals surface area contributed by atoms with E-state index in [0.717, 1.165) is 6.42 Å². The summed E-state index contributed by atoms with van der Waals surface area (Å²) in [6, 6.07) is 0. The molecule has 0 saturated heterocycles.